The predicted molar refractivity (Wildman–Crippen MR) is 66.4 cm³/mol. The Bertz CT molecular complexity index is 350. The maximum absolute atomic E-state index is 11.1. The number of carbonyl (C=O) groups is 1. The van der Waals surface area contributed by atoms with Crippen LogP contribution in [0.25, 0.3) is 0 Å². The van der Waals surface area contributed by atoms with Crippen LogP contribution in [0.15, 0.2) is 24.3 Å². The topological polar surface area (TPSA) is 41.1 Å². The molecular formula is C13H20N2O. The fraction of sp³-hybridized carbons (Fsp3) is 0.462. The highest BCUT2D eigenvalue weighted by Crippen LogP contribution is 2.09. The van der Waals surface area contributed by atoms with Gasteiger partial charge in [0.1, 0.15) is 0 Å². The summed E-state index contributed by atoms with van der Waals surface area (Å²) in [5.41, 5.74) is 2.63. The van der Waals surface area contributed by atoms with E-state index in [0.29, 0.717) is 12.6 Å². The van der Waals surface area contributed by atoms with Crippen LogP contribution < -0.4 is 10.6 Å². The van der Waals surface area contributed by atoms with Gasteiger partial charge in [-0.2, -0.15) is 0 Å². The molecule has 0 saturated carbocycles. The van der Waals surface area contributed by atoms with Crippen LogP contribution in [0.1, 0.15) is 18.1 Å². The minimum Gasteiger partial charge on any atom is -0.358 e. The van der Waals surface area contributed by atoms with Gasteiger partial charge in [-0.25, -0.2) is 0 Å². The predicted octanol–water partition coefficient (Wildman–Crippen LogP) is 1.26. The van der Waals surface area contributed by atoms with E-state index in [1.165, 1.54) is 11.1 Å². The summed E-state index contributed by atoms with van der Waals surface area (Å²) in [6, 6.07) is 8.64. The maximum atomic E-state index is 11.1. The minimum atomic E-state index is 0.0247. The number of amides is 1. The molecule has 88 valence electrons. The summed E-state index contributed by atoms with van der Waals surface area (Å²) >= 11 is 0. The Morgan fingerprint density at radius 1 is 1.38 bits per heavy atom. The Balaban J connectivity index is 2.43. The molecule has 1 amide bonds. The first-order chi connectivity index (χ1) is 7.63. The van der Waals surface area contributed by atoms with Crippen molar-refractivity contribution in [3.63, 3.8) is 0 Å². The molecule has 1 aromatic carbocycles. The molecule has 0 aliphatic heterocycles. The summed E-state index contributed by atoms with van der Waals surface area (Å²) < 4.78 is 0. The molecule has 0 bridgehead atoms. The molecule has 0 spiro atoms. The van der Waals surface area contributed by atoms with Crippen LogP contribution in [0.2, 0.25) is 0 Å². The lowest BCUT2D eigenvalue weighted by molar-refractivity contribution is -0.119. The van der Waals surface area contributed by atoms with Crippen LogP contribution in [0.3, 0.4) is 0 Å². The van der Waals surface area contributed by atoms with Crippen molar-refractivity contribution in [2.24, 2.45) is 0 Å². The van der Waals surface area contributed by atoms with E-state index in [9.17, 15) is 4.79 Å². The van der Waals surface area contributed by atoms with Gasteiger partial charge in [-0.1, -0.05) is 24.3 Å². The molecule has 0 aliphatic rings. The minimum absolute atomic E-state index is 0.0247. The van der Waals surface area contributed by atoms with Crippen molar-refractivity contribution in [3.8, 4) is 0 Å². The highest BCUT2D eigenvalue weighted by molar-refractivity contribution is 5.77. The molecular weight excluding hydrogens is 200 g/mol. The maximum Gasteiger partial charge on any atom is 0.233 e. The standard InChI is InChI=1S/C13H20N2O/c1-10-6-4-5-7-12(10)8-11(2)15-9-13(16)14-3/h4-7,11,15H,8-9H2,1-3H3,(H,14,16). The van der Waals surface area contributed by atoms with E-state index in [-0.39, 0.29) is 5.91 Å². The summed E-state index contributed by atoms with van der Waals surface area (Å²) in [4.78, 5) is 11.1. The molecule has 16 heavy (non-hydrogen) atoms. The molecule has 0 saturated heterocycles. The molecule has 1 aromatic rings. The average molecular weight is 220 g/mol. The smallest absolute Gasteiger partial charge is 0.233 e. The van der Waals surface area contributed by atoms with Crippen LogP contribution in [0.5, 0.6) is 0 Å². The van der Waals surface area contributed by atoms with E-state index in [0.717, 1.165) is 6.42 Å². The zero-order valence-electron chi connectivity index (χ0n) is 10.2. The summed E-state index contributed by atoms with van der Waals surface area (Å²) in [5, 5.41) is 5.79. The van der Waals surface area contributed by atoms with Crippen molar-refractivity contribution < 1.29 is 4.79 Å². The number of aryl methyl sites for hydroxylation is 1. The third kappa shape index (κ3) is 4.03. The van der Waals surface area contributed by atoms with E-state index >= 15 is 0 Å². The van der Waals surface area contributed by atoms with Gasteiger partial charge in [-0.3, -0.25) is 4.79 Å². The second kappa shape index (κ2) is 6.28. The summed E-state index contributed by atoms with van der Waals surface area (Å²) in [5.74, 6) is 0.0247. The quantitative estimate of drug-likeness (QED) is 0.784. The highest BCUT2D eigenvalue weighted by atomic mass is 16.1. The Kier molecular flexibility index (Phi) is 4.99. The largest absolute Gasteiger partial charge is 0.358 e. The van der Waals surface area contributed by atoms with Crippen LogP contribution in [-0.2, 0) is 11.2 Å². The number of benzene rings is 1. The Morgan fingerprint density at radius 3 is 2.69 bits per heavy atom. The van der Waals surface area contributed by atoms with Crippen molar-refractivity contribution in [2.45, 2.75) is 26.3 Å². The molecule has 0 aromatic heterocycles. The second-order valence-electron chi connectivity index (χ2n) is 4.09. The van der Waals surface area contributed by atoms with Gasteiger partial charge in [0.2, 0.25) is 5.91 Å². The third-order valence-corrected chi connectivity index (χ3v) is 2.68. The van der Waals surface area contributed by atoms with E-state index in [4.69, 9.17) is 0 Å². The first-order valence-corrected chi connectivity index (χ1v) is 5.62. The van der Waals surface area contributed by atoms with E-state index in [2.05, 4.69) is 36.6 Å². The lowest BCUT2D eigenvalue weighted by Crippen LogP contribution is -2.37. The number of rotatable bonds is 5. The van der Waals surface area contributed by atoms with E-state index in [1.54, 1.807) is 7.05 Å². The van der Waals surface area contributed by atoms with Crippen molar-refractivity contribution in [2.75, 3.05) is 13.6 Å². The monoisotopic (exact) mass is 220 g/mol. The molecule has 3 heteroatoms. The molecule has 3 nitrogen and oxygen atoms in total. The SMILES string of the molecule is CNC(=O)CNC(C)Cc1ccccc1C. The van der Waals surface area contributed by atoms with Gasteiger partial charge in [0, 0.05) is 13.1 Å². The zero-order valence-corrected chi connectivity index (χ0v) is 10.2. The lowest BCUT2D eigenvalue weighted by Gasteiger charge is -2.14. The summed E-state index contributed by atoms with van der Waals surface area (Å²) in [7, 11) is 1.65. The number of hydrogen-bond donors (Lipinski definition) is 2. The molecule has 1 atom stereocenters. The summed E-state index contributed by atoms with van der Waals surface area (Å²) in [6.45, 7) is 4.58. The van der Waals surface area contributed by atoms with Gasteiger partial charge in [0.05, 0.1) is 6.54 Å². The van der Waals surface area contributed by atoms with Crippen molar-refractivity contribution in [1.29, 1.82) is 0 Å². The molecule has 0 fully saturated rings. The van der Waals surface area contributed by atoms with Crippen LogP contribution in [0.4, 0.5) is 0 Å². The Morgan fingerprint density at radius 2 is 2.06 bits per heavy atom. The third-order valence-electron chi connectivity index (χ3n) is 2.68. The molecule has 1 unspecified atom stereocenters. The Labute approximate surface area is 97.2 Å². The first-order valence-electron chi connectivity index (χ1n) is 5.62. The zero-order chi connectivity index (χ0) is 12.0. The Hall–Kier alpha value is -1.35. The summed E-state index contributed by atoms with van der Waals surface area (Å²) in [6.07, 6.45) is 0.948. The fourth-order valence-electron chi connectivity index (χ4n) is 1.60. The number of nitrogens with one attached hydrogen (secondary N) is 2. The lowest BCUT2D eigenvalue weighted by atomic mass is 10.0. The van der Waals surface area contributed by atoms with E-state index in [1.807, 2.05) is 12.1 Å². The van der Waals surface area contributed by atoms with Crippen molar-refractivity contribution >= 4 is 5.91 Å². The fourth-order valence-corrected chi connectivity index (χ4v) is 1.60. The number of likely N-dealkylation sites (N-methyl/N-ethyl adjacent to an activating group) is 1. The van der Waals surface area contributed by atoms with Gasteiger partial charge in [-0.05, 0) is 31.4 Å². The van der Waals surface area contributed by atoms with Gasteiger partial charge >= 0.3 is 0 Å². The van der Waals surface area contributed by atoms with Crippen LogP contribution in [0, 0.1) is 6.92 Å². The molecule has 0 aliphatic carbocycles. The average Bonchev–Trinajstić information content (AvgIpc) is 2.29. The normalized spacial score (nSPS) is 12.2. The molecule has 2 N–H and O–H groups in total. The van der Waals surface area contributed by atoms with Crippen LogP contribution in [-0.4, -0.2) is 25.5 Å². The van der Waals surface area contributed by atoms with Gasteiger partial charge in [0.15, 0.2) is 0 Å². The highest BCUT2D eigenvalue weighted by Gasteiger charge is 2.06. The molecule has 1 rings (SSSR count). The van der Waals surface area contributed by atoms with Gasteiger partial charge in [0.25, 0.3) is 0 Å². The molecule has 0 heterocycles. The van der Waals surface area contributed by atoms with E-state index < -0.39 is 0 Å². The second-order valence-corrected chi connectivity index (χ2v) is 4.09. The van der Waals surface area contributed by atoms with Crippen molar-refractivity contribution in [3.05, 3.63) is 35.4 Å². The van der Waals surface area contributed by atoms with Crippen molar-refractivity contribution in [1.82, 2.24) is 10.6 Å². The van der Waals surface area contributed by atoms with Gasteiger partial charge in [-0.15, -0.1) is 0 Å². The molecule has 0 radical (unpaired) electrons. The van der Waals surface area contributed by atoms with Crippen LogP contribution >= 0.6 is 0 Å². The first kappa shape index (κ1) is 12.7. The number of carbonyl (C=O) groups excluding carboxylic acids is 1. The van der Waals surface area contributed by atoms with Gasteiger partial charge < -0.3 is 10.6 Å². The number of hydrogen-bond acceptors (Lipinski definition) is 2.